The molecular weight excluding hydrogens is 276 g/mol. The second-order valence-corrected chi connectivity index (χ2v) is 7.46. The van der Waals surface area contributed by atoms with Crippen LogP contribution in [0.15, 0.2) is 21.6 Å². The van der Waals surface area contributed by atoms with Gasteiger partial charge in [0, 0.05) is 13.6 Å². The molecule has 1 fully saturated rings. The number of nitrogens with zero attached hydrogens (tertiary/aromatic N) is 1. The van der Waals surface area contributed by atoms with E-state index in [4.69, 9.17) is 4.42 Å². The summed E-state index contributed by atoms with van der Waals surface area (Å²) in [6.07, 6.45) is 4.51. The zero-order valence-corrected chi connectivity index (χ0v) is 13.1. The summed E-state index contributed by atoms with van der Waals surface area (Å²) in [6.45, 7) is 4.13. The molecule has 0 bridgehead atoms. The van der Waals surface area contributed by atoms with Crippen molar-refractivity contribution < 1.29 is 12.8 Å². The quantitative estimate of drug-likeness (QED) is 0.748. The van der Waals surface area contributed by atoms with E-state index in [0.29, 0.717) is 24.8 Å². The molecule has 2 rings (SSSR count). The normalized spacial score (nSPS) is 16.6. The first-order chi connectivity index (χ1) is 9.54. The first-order valence-corrected chi connectivity index (χ1v) is 8.73. The van der Waals surface area contributed by atoms with E-state index in [1.807, 2.05) is 0 Å². The highest BCUT2D eigenvalue weighted by molar-refractivity contribution is 7.89. The Bertz CT molecular complexity index is 520. The van der Waals surface area contributed by atoms with Gasteiger partial charge in [-0.15, -0.1) is 0 Å². The van der Waals surface area contributed by atoms with E-state index in [-0.39, 0.29) is 5.09 Å². The fraction of sp³-hybridized carbons (Fsp3) is 0.714. The van der Waals surface area contributed by atoms with Gasteiger partial charge in [-0.05, 0) is 43.9 Å². The third-order valence-corrected chi connectivity index (χ3v) is 5.47. The average molecular weight is 300 g/mol. The molecule has 0 aromatic carbocycles. The predicted octanol–water partition coefficient (Wildman–Crippen LogP) is 2.20. The van der Waals surface area contributed by atoms with E-state index >= 15 is 0 Å². The standard InChI is InChI=1S/C14H24N2O3S/c1-3-9-15-10-13-7-8-14(19-13)20(17,18)16(2)11-12-5-4-6-12/h7-8,12,15H,3-6,9-11H2,1-2H3. The van der Waals surface area contributed by atoms with Crippen molar-refractivity contribution in [1.29, 1.82) is 0 Å². The van der Waals surface area contributed by atoms with Crippen molar-refractivity contribution in [3.8, 4) is 0 Å². The number of nitrogens with one attached hydrogen (secondary N) is 1. The molecule has 1 aliphatic carbocycles. The molecule has 0 unspecified atom stereocenters. The molecule has 0 atom stereocenters. The summed E-state index contributed by atoms with van der Waals surface area (Å²) in [5.74, 6) is 1.17. The van der Waals surface area contributed by atoms with Gasteiger partial charge < -0.3 is 9.73 Å². The second kappa shape index (κ2) is 6.74. The van der Waals surface area contributed by atoms with Crippen molar-refractivity contribution >= 4 is 10.0 Å². The van der Waals surface area contributed by atoms with Gasteiger partial charge >= 0.3 is 0 Å². The lowest BCUT2D eigenvalue weighted by Gasteiger charge is -2.29. The lowest BCUT2D eigenvalue weighted by Crippen LogP contribution is -2.34. The Balaban J connectivity index is 1.97. The van der Waals surface area contributed by atoms with Crippen LogP contribution in [0.4, 0.5) is 0 Å². The third kappa shape index (κ3) is 3.62. The number of sulfonamides is 1. The third-order valence-electron chi connectivity index (χ3n) is 3.77. The summed E-state index contributed by atoms with van der Waals surface area (Å²) in [5, 5.41) is 3.24. The minimum atomic E-state index is -3.48. The highest BCUT2D eigenvalue weighted by atomic mass is 32.2. The molecular formula is C14H24N2O3S. The van der Waals surface area contributed by atoms with Gasteiger partial charge in [-0.2, -0.15) is 4.31 Å². The SMILES string of the molecule is CCCNCc1ccc(S(=O)(=O)N(C)CC2CCC2)o1. The van der Waals surface area contributed by atoms with Gasteiger partial charge in [0.05, 0.1) is 6.54 Å². The fourth-order valence-corrected chi connectivity index (χ4v) is 3.44. The molecule has 1 saturated carbocycles. The molecule has 1 N–H and O–H groups in total. The van der Waals surface area contributed by atoms with Crippen LogP contribution in [0, 0.1) is 5.92 Å². The molecule has 0 spiro atoms. The summed E-state index contributed by atoms with van der Waals surface area (Å²) in [4.78, 5) is 0. The Morgan fingerprint density at radius 3 is 2.75 bits per heavy atom. The van der Waals surface area contributed by atoms with Crippen LogP contribution >= 0.6 is 0 Å². The maximum atomic E-state index is 12.4. The molecule has 1 aromatic rings. The molecule has 6 heteroatoms. The summed E-state index contributed by atoms with van der Waals surface area (Å²) in [6, 6.07) is 3.28. The van der Waals surface area contributed by atoms with Crippen LogP contribution in [0.5, 0.6) is 0 Å². The molecule has 0 aliphatic heterocycles. The van der Waals surface area contributed by atoms with Crippen LogP contribution in [-0.4, -0.2) is 32.9 Å². The van der Waals surface area contributed by atoms with E-state index in [9.17, 15) is 8.42 Å². The van der Waals surface area contributed by atoms with Crippen molar-refractivity contribution in [3.63, 3.8) is 0 Å². The van der Waals surface area contributed by atoms with E-state index in [0.717, 1.165) is 25.8 Å². The van der Waals surface area contributed by atoms with Crippen molar-refractivity contribution in [2.24, 2.45) is 5.92 Å². The molecule has 0 amide bonds. The Kier molecular flexibility index (Phi) is 5.23. The largest absolute Gasteiger partial charge is 0.447 e. The minimum Gasteiger partial charge on any atom is -0.447 e. The zero-order chi connectivity index (χ0) is 14.6. The summed E-state index contributed by atoms with van der Waals surface area (Å²) in [5.41, 5.74) is 0. The number of hydrogen-bond acceptors (Lipinski definition) is 4. The first-order valence-electron chi connectivity index (χ1n) is 7.29. The number of rotatable bonds is 8. The Morgan fingerprint density at radius 1 is 1.40 bits per heavy atom. The van der Waals surface area contributed by atoms with Gasteiger partial charge in [0.1, 0.15) is 5.76 Å². The lowest BCUT2D eigenvalue weighted by molar-refractivity contribution is 0.259. The molecule has 1 aliphatic rings. The van der Waals surface area contributed by atoms with Crippen molar-refractivity contribution in [1.82, 2.24) is 9.62 Å². The van der Waals surface area contributed by atoms with Crippen LogP contribution in [0.2, 0.25) is 0 Å². The zero-order valence-electron chi connectivity index (χ0n) is 12.3. The van der Waals surface area contributed by atoms with Gasteiger partial charge in [-0.3, -0.25) is 0 Å². The van der Waals surface area contributed by atoms with Crippen LogP contribution in [0.3, 0.4) is 0 Å². The summed E-state index contributed by atoms with van der Waals surface area (Å²) in [7, 11) is -1.85. The fourth-order valence-electron chi connectivity index (χ4n) is 2.27. The maximum Gasteiger partial charge on any atom is 0.276 e. The smallest absolute Gasteiger partial charge is 0.276 e. The van der Waals surface area contributed by atoms with E-state index in [1.54, 1.807) is 19.2 Å². The average Bonchev–Trinajstić information content (AvgIpc) is 2.83. The highest BCUT2D eigenvalue weighted by Crippen LogP contribution is 2.28. The van der Waals surface area contributed by atoms with Crippen molar-refractivity contribution in [2.45, 2.75) is 44.2 Å². The van der Waals surface area contributed by atoms with Gasteiger partial charge in [0.2, 0.25) is 5.09 Å². The molecule has 0 saturated heterocycles. The van der Waals surface area contributed by atoms with Gasteiger partial charge in [-0.25, -0.2) is 8.42 Å². The maximum absolute atomic E-state index is 12.4. The van der Waals surface area contributed by atoms with Gasteiger partial charge in [-0.1, -0.05) is 13.3 Å². The van der Waals surface area contributed by atoms with Crippen LogP contribution in [0.25, 0.3) is 0 Å². The van der Waals surface area contributed by atoms with Gasteiger partial charge in [0.25, 0.3) is 10.0 Å². The molecule has 0 radical (unpaired) electrons. The van der Waals surface area contributed by atoms with E-state index in [1.165, 1.54) is 10.7 Å². The second-order valence-electron chi connectivity index (χ2n) is 5.48. The summed E-state index contributed by atoms with van der Waals surface area (Å²) >= 11 is 0. The Labute approximate surface area is 121 Å². The molecule has 1 heterocycles. The topological polar surface area (TPSA) is 62.6 Å². The van der Waals surface area contributed by atoms with Crippen LogP contribution < -0.4 is 5.32 Å². The minimum absolute atomic E-state index is 0.0487. The highest BCUT2D eigenvalue weighted by Gasteiger charge is 2.28. The molecule has 20 heavy (non-hydrogen) atoms. The van der Waals surface area contributed by atoms with Crippen molar-refractivity contribution in [2.75, 3.05) is 20.1 Å². The monoisotopic (exact) mass is 300 g/mol. The lowest BCUT2D eigenvalue weighted by atomic mass is 9.86. The molecule has 114 valence electrons. The van der Waals surface area contributed by atoms with Crippen LogP contribution in [0.1, 0.15) is 38.4 Å². The van der Waals surface area contributed by atoms with Crippen LogP contribution in [-0.2, 0) is 16.6 Å². The molecule has 1 aromatic heterocycles. The predicted molar refractivity (Wildman–Crippen MR) is 77.9 cm³/mol. The van der Waals surface area contributed by atoms with Gasteiger partial charge in [0.15, 0.2) is 0 Å². The number of hydrogen-bond donors (Lipinski definition) is 1. The molecule has 5 nitrogen and oxygen atoms in total. The first kappa shape index (κ1) is 15.5. The number of furan rings is 1. The Hall–Kier alpha value is -0.850. The van der Waals surface area contributed by atoms with Crippen molar-refractivity contribution in [3.05, 3.63) is 17.9 Å². The Morgan fingerprint density at radius 2 is 2.15 bits per heavy atom. The van der Waals surface area contributed by atoms with E-state index in [2.05, 4.69) is 12.2 Å². The summed E-state index contributed by atoms with van der Waals surface area (Å²) < 4.78 is 31.6. The van der Waals surface area contributed by atoms with E-state index < -0.39 is 10.0 Å².